The highest BCUT2D eigenvalue weighted by Gasteiger charge is 2.09. The van der Waals surface area contributed by atoms with Crippen LogP contribution in [0.25, 0.3) is 0 Å². The topological polar surface area (TPSA) is 62.7 Å². The van der Waals surface area contributed by atoms with Gasteiger partial charge in [-0.1, -0.05) is 13.8 Å². The van der Waals surface area contributed by atoms with Gasteiger partial charge < -0.3 is 10.6 Å². The largest absolute Gasteiger partial charge is 0.370 e. The van der Waals surface area contributed by atoms with Crippen molar-refractivity contribution in [3.8, 4) is 0 Å². The fourth-order valence-electron chi connectivity index (χ4n) is 1.94. The predicted octanol–water partition coefficient (Wildman–Crippen LogP) is 3.24. The first-order chi connectivity index (χ1) is 9.74. The second-order valence-electron chi connectivity index (χ2n) is 4.57. The monoisotopic (exact) mass is 291 g/mol. The molecule has 5 nitrogen and oxygen atoms in total. The standard InChI is InChI=1S/C14H21N5S/c1-4-6-15-13-11(5-2)14(18-9-17-13)16-7-12-19-10(3)8-20-12/h8-9H,4-7H2,1-3H3,(H2,15,16,17,18). The molecule has 108 valence electrons. The van der Waals surface area contributed by atoms with Gasteiger partial charge in [0.05, 0.1) is 6.54 Å². The number of aryl methyl sites for hydroxylation is 1. The third-order valence-corrected chi connectivity index (χ3v) is 3.88. The molecule has 0 unspecified atom stereocenters. The molecule has 0 radical (unpaired) electrons. The molecule has 0 saturated carbocycles. The lowest BCUT2D eigenvalue weighted by Gasteiger charge is -2.13. The Bertz CT molecular complexity index is 552. The lowest BCUT2D eigenvalue weighted by Crippen LogP contribution is -2.10. The number of nitrogens with one attached hydrogen (secondary N) is 2. The molecule has 2 rings (SSSR count). The van der Waals surface area contributed by atoms with E-state index in [4.69, 9.17) is 0 Å². The van der Waals surface area contributed by atoms with Gasteiger partial charge >= 0.3 is 0 Å². The molecule has 2 heterocycles. The van der Waals surface area contributed by atoms with Crippen molar-refractivity contribution in [1.82, 2.24) is 15.0 Å². The smallest absolute Gasteiger partial charge is 0.135 e. The van der Waals surface area contributed by atoms with Crippen LogP contribution in [0.3, 0.4) is 0 Å². The van der Waals surface area contributed by atoms with Crippen LogP contribution in [0.5, 0.6) is 0 Å². The Labute approximate surface area is 123 Å². The number of hydrogen-bond acceptors (Lipinski definition) is 6. The zero-order valence-electron chi connectivity index (χ0n) is 12.2. The second-order valence-corrected chi connectivity index (χ2v) is 5.51. The van der Waals surface area contributed by atoms with E-state index in [2.05, 4.69) is 44.8 Å². The first-order valence-electron chi connectivity index (χ1n) is 6.97. The number of rotatable bonds is 7. The average molecular weight is 291 g/mol. The summed E-state index contributed by atoms with van der Waals surface area (Å²) in [5, 5.41) is 9.86. The number of aromatic nitrogens is 3. The Hall–Kier alpha value is -1.69. The normalized spacial score (nSPS) is 10.6. The summed E-state index contributed by atoms with van der Waals surface area (Å²) in [5.74, 6) is 1.83. The first-order valence-corrected chi connectivity index (χ1v) is 7.85. The van der Waals surface area contributed by atoms with Crippen molar-refractivity contribution < 1.29 is 0 Å². The molecule has 0 saturated heterocycles. The van der Waals surface area contributed by atoms with Crippen molar-refractivity contribution in [2.45, 2.75) is 40.2 Å². The van der Waals surface area contributed by atoms with Crippen LogP contribution in [-0.4, -0.2) is 21.5 Å². The molecular formula is C14H21N5S. The summed E-state index contributed by atoms with van der Waals surface area (Å²) in [6.07, 6.45) is 3.58. The van der Waals surface area contributed by atoms with Gasteiger partial charge in [0.25, 0.3) is 0 Å². The zero-order valence-corrected chi connectivity index (χ0v) is 13.0. The maximum absolute atomic E-state index is 4.45. The highest BCUT2D eigenvalue weighted by molar-refractivity contribution is 7.09. The van der Waals surface area contributed by atoms with E-state index in [1.54, 1.807) is 17.7 Å². The van der Waals surface area contributed by atoms with Crippen LogP contribution in [-0.2, 0) is 13.0 Å². The molecule has 0 atom stereocenters. The molecule has 0 aliphatic heterocycles. The number of nitrogens with zero attached hydrogens (tertiary/aromatic N) is 3. The SMILES string of the molecule is CCCNc1ncnc(NCc2nc(C)cs2)c1CC. The van der Waals surface area contributed by atoms with Gasteiger partial charge in [-0.15, -0.1) is 11.3 Å². The van der Waals surface area contributed by atoms with Crippen molar-refractivity contribution in [2.75, 3.05) is 17.2 Å². The highest BCUT2D eigenvalue weighted by Crippen LogP contribution is 2.21. The van der Waals surface area contributed by atoms with Crippen LogP contribution < -0.4 is 10.6 Å². The lowest BCUT2D eigenvalue weighted by atomic mass is 10.2. The summed E-state index contributed by atoms with van der Waals surface area (Å²) < 4.78 is 0. The molecule has 2 N–H and O–H groups in total. The second kappa shape index (κ2) is 7.19. The minimum atomic E-state index is 0.704. The maximum Gasteiger partial charge on any atom is 0.135 e. The summed E-state index contributed by atoms with van der Waals surface area (Å²) in [5.41, 5.74) is 2.20. The van der Waals surface area contributed by atoms with Gasteiger partial charge in [-0.2, -0.15) is 0 Å². The van der Waals surface area contributed by atoms with Gasteiger partial charge in [0, 0.05) is 23.2 Å². The van der Waals surface area contributed by atoms with Gasteiger partial charge in [-0.3, -0.25) is 0 Å². The van der Waals surface area contributed by atoms with E-state index in [1.807, 2.05) is 6.92 Å². The molecule has 0 spiro atoms. The van der Waals surface area contributed by atoms with Gasteiger partial charge in [0.1, 0.15) is 23.0 Å². The minimum Gasteiger partial charge on any atom is -0.370 e. The highest BCUT2D eigenvalue weighted by atomic mass is 32.1. The van der Waals surface area contributed by atoms with Crippen molar-refractivity contribution in [3.05, 3.63) is 28.0 Å². The molecule has 0 amide bonds. The average Bonchev–Trinajstić information content (AvgIpc) is 2.88. The van der Waals surface area contributed by atoms with Crippen molar-refractivity contribution in [3.63, 3.8) is 0 Å². The van der Waals surface area contributed by atoms with Crippen molar-refractivity contribution in [1.29, 1.82) is 0 Å². The van der Waals surface area contributed by atoms with Crippen LogP contribution in [0.2, 0.25) is 0 Å². The van der Waals surface area contributed by atoms with E-state index in [-0.39, 0.29) is 0 Å². The summed E-state index contributed by atoms with van der Waals surface area (Å²) in [4.78, 5) is 13.1. The summed E-state index contributed by atoms with van der Waals surface area (Å²) in [6.45, 7) is 7.90. The molecule has 0 aliphatic rings. The van der Waals surface area contributed by atoms with Crippen LogP contribution in [0.15, 0.2) is 11.7 Å². The minimum absolute atomic E-state index is 0.704. The summed E-state index contributed by atoms with van der Waals surface area (Å²) >= 11 is 1.67. The fourth-order valence-corrected chi connectivity index (χ4v) is 2.65. The molecule has 2 aromatic rings. The van der Waals surface area contributed by atoms with Crippen LogP contribution in [0, 0.1) is 6.92 Å². The molecule has 0 fully saturated rings. The van der Waals surface area contributed by atoms with Crippen LogP contribution >= 0.6 is 11.3 Å². The Morgan fingerprint density at radius 2 is 1.90 bits per heavy atom. The molecule has 20 heavy (non-hydrogen) atoms. The van der Waals surface area contributed by atoms with E-state index in [9.17, 15) is 0 Å². The van der Waals surface area contributed by atoms with Gasteiger partial charge in [0.2, 0.25) is 0 Å². The Kier molecular flexibility index (Phi) is 5.29. The van der Waals surface area contributed by atoms with Gasteiger partial charge in [-0.25, -0.2) is 15.0 Å². The zero-order chi connectivity index (χ0) is 14.4. The fraction of sp³-hybridized carbons (Fsp3) is 0.500. The molecule has 0 aliphatic carbocycles. The Balaban J connectivity index is 2.10. The third kappa shape index (κ3) is 3.66. The van der Waals surface area contributed by atoms with E-state index in [0.717, 1.165) is 47.3 Å². The predicted molar refractivity (Wildman–Crippen MR) is 84.4 cm³/mol. The van der Waals surface area contributed by atoms with Crippen LogP contribution in [0.4, 0.5) is 11.6 Å². The number of thiazole rings is 1. The van der Waals surface area contributed by atoms with E-state index in [0.29, 0.717) is 6.54 Å². The van der Waals surface area contributed by atoms with Gasteiger partial charge in [0.15, 0.2) is 0 Å². The van der Waals surface area contributed by atoms with E-state index < -0.39 is 0 Å². The Morgan fingerprint density at radius 1 is 1.15 bits per heavy atom. The van der Waals surface area contributed by atoms with Gasteiger partial charge in [-0.05, 0) is 19.8 Å². The first kappa shape index (κ1) is 14.7. The lowest BCUT2D eigenvalue weighted by molar-refractivity contribution is 0.943. The number of anilines is 2. The molecular weight excluding hydrogens is 270 g/mol. The molecule has 6 heteroatoms. The summed E-state index contributed by atoms with van der Waals surface area (Å²) in [6, 6.07) is 0. The van der Waals surface area contributed by atoms with E-state index >= 15 is 0 Å². The number of hydrogen-bond donors (Lipinski definition) is 2. The molecule has 0 aromatic carbocycles. The molecule has 2 aromatic heterocycles. The maximum atomic E-state index is 4.45. The van der Waals surface area contributed by atoms with Crippen molar-refractivity contribution in [2.24, 2.45) is 0 Å². The third-order valence-electron chi connectivity index (χ3n) is 2.91. The molecule has 0 bridgehead atoms. The van der Waals surface area contributed by atoms with E-state index in [1.165, 1.54) is 0 Å². The van der Waals surface area contributed by atoms with Crippen LogP contribution in [0.1, 0.15) is 36.5 Å². The quantitative estimate of drug-likeness (QED) is 0.820. The van der Waals surface area contributed by atoms with Crippen molar-refractivity contribution >= 4 is 23.0 Å². The Morgan fingerprint density at radius 3 is 2.50 bits per heavy atom. The summed E-state index contributed by atoms with van der Waals surface area (Å²) in [7, 11) is 0.